The predicted octanol–water partition coefficient (Wildman–Crippen LogP) is 2.14. The number of hydrogen-bond acceptors (Lipinski definition) is 3. The molecule has 1 heterocycles. The second kappa shape index (κ2) is 4.48. The van der Waals surface area contributed by atoms with Gasteiger partial charge >= 0.3 is 6.09 Å². The van der Waals surface area contributed by atoms with Crippen molar-refractivity contribution in [2.75, 3.05) is 19.6 Å². The maximum Gasteiger partial charge on any atom is 0.410 e. The van der Waals surface area contributed by atoms with Crippen molar-refractivity contribution in [3.05, 3.63) is 0 Å². The Hall–Kier alpha value is -0.770. The van der Waals surface area contributed by atoms with E-state index >= 15 is 0 Å². The molecule has 98 valence electrons. The van der Waals surface area contributed by atoms with Crippen LogP contribution in [0.2, 0.25) is 0 Å². The van der Waals surface area contributed by atoms with Gasteiger partial charge < -0.3 is 10.1 Å². The first-order chi connectivity index (χ1) is 7.93. The molecule has 0 aromatic rings. The van der Waals surface area contributed by atoms with E-state index in [1.807, 2.05) is 25.7 Å². The minimum atomic E-state index is -0.401. The van der Waals surface area contributed by atoms with E-state index in [-0.39, 0.29) is 11.6 Å². The number of piperazine rings is 1. The van der Waals surface area contributed by atoms with Gasteiger partial charge in [-0.1, -0.05) is 12.8 Å². The summed E-state index contributed by atoms with van der Waals surface area (Å²) in [6.45, 7) is 8.35. The van der Waals surface area contributed by atoms with Gasteiger partial charge in [0.1, 0.15) is 5.60 Å². The number of hydrogen-bond donors (Lipinski definition) is 1. The molecule has 1 N–H and O–H groups in total. The highest BCUT2D eigenvalue weighted by molar-refractivity contribution is 5.69. The van der Waals surface area contributed by atoms with E-state index in [1.165, 1.54) is 12.8 Å². The maximum atomic E-state index is 12.3. The summed E-state index contributed by atoms with van der Waals surface area (Å²) in [6, 6.07) is 0. The SMILES string of the molecule is CC(C)(C)OC(=O)N1CCNCC12CCCC2. The molecule has 17 heavy (non-hydrogen) atoms. The first-order valence-electron chi connectivity index (χ1n) is 6.64. The number of nitrogens with zero attached hydrogens (tertiary/aromatic N) is 1. The van der Waals surface area contributed by atoms with Crippen LogP contribution in [0.1, 0.15) is 46.5 Å². The van der Waals surface area contributed by atoms with Crippen LogP contribution in [-0.2, 0) is 4.74 Å². The van der Waals surface area contributed by atoms with Crippen LogP contribution in [0, 0.1) is 0 Å². The Kier molecular flexibility index (Phi) is 3.34. The monoisotopic (exact) mass is 240 g/mol. The van der Waals surface area contributed by atoms with Crippen LogP contribution >= 0.6 is 0 Å². The van der Waals surface area contributed by atoms with Crippen molar-refractivity contribution < 1.29 is 9.53 Å². The second-order valence-electron chi connectivity index (χ2n) is 6.24. The third kappa shape index (κ3) is 2.73. The topological polar surface area (TPSA) is 41.6 Å². The van der Waals surface area contributed by atoms with Gasteiger partial charge in [0.25, 0.3) is 0 Å². The van der Waals surface area contributed by atoms with Gasteiger partial charge in [-0.05, 0) is 33.6 Å². The molecule has 0 atom stereocenters. The van der Waals surface area contributed by atoms with Gasteiger partial charge in [-0.3, -0.25) is 4.90 Å². The number of ether oxygens (including phenoxy) is 1. The smallest absolute Gasteiger partial charge is 0.410 e. The highest BCUT2D eigenvalue weighted by atomic mass is 16.6. The summed E-state index contributed by atoms with van der Waals surface area (Å²) in [6.07, 6.45) is 4.53. The van der Waals surface area contributed by atoms with E-state index in [1.54, 1.807) is 0 Å². The van der Waals surface area contributed by atoms with E-state index in [4.69, 9.17) is 4.74 Å². The van der Waals surface area contributed by atoms with Crippen LogP contribution < -0.4 is 5.32 Å². The number of nitrogens with one attached hydrogen (secondary N) is 1. The molecule has 2 aliphatic rings. The molecule has 1 saturated heterocycles. The van der Waals surface area contributed by atoms with Gasteiger partial charge in [0.15, 0.2) is 0 Å². The van der Waals surface area contributed by atoms with Crippen molar-refractivity contribution in [2.24, 2.45) is 0 Å². The third-order valence-electron chi connectivity index (χ3n) is 3.69. The molecule has 0 aromatic heterocycles. The van der Waals surface area contributed by atoms with Crippen molar-refractivity contribution in [2.45, 2.75) is 57.6 Å². The first-order valence-corrected chi connectivity index (χ1v) is 6.64. The molecule has 4 heteroatoms. The van der Waals surface area contributed by atoms with Gasteiger partial charge in [0.05, 0.1) is 5.54 Å². The lowest BCUT2D eigenvalue weighted by molar-refractivity contribution is -0.00976. The number of rotatable bonds is 0. The molecule has 0 bridgehead atoms. The summed E-state index contributed by atoms with van der Waals surface area (Å²) in [5.41, 5.74) is -0.373. The summed E-state index contributed by atoms with van der Waals surface area (Å²) >= 11 is 0. The molecule has 4 nitrogen and oxygen atoms in total. The number of amides is 1. The molecular formula is C13H24N2O2. The van der Waals surface area contributed by atoms with Crippen molar-refractivity contribution in [1.29, 1.82) is 0 Å². The maximum absolute atomic E-state index is 12.3. The Bertz CT molecular complexity index is 290. The Morgan fingerprint density at radius 2 is 1.94 bits per heavy atom. The normalized spacial score (nSPS) is 24.1. The van der Waals surface area contributed by atoms with Crippen LogP contribution in [0.3, 0.4) is 0 Å². The highest BCUT2D eigenvalue weighted by Gasteiger charge is 2.44. The third-order valence-corrected chi connectivity index (χ3v) is 3.69. The van der Waals surface area contributed by atoms with Crippen molar-refractivity contribution in [3.8, 4) is 0 Å². The fourth-order valence-electron chi connectivity index (χ4n) is 2.93. The fourth-order valence-corrected chi connectivity index (χ4v) is 2.93. The lowest BCUT2D eigenvalue weighted by Gasteiger charge is -2.45. The molecule has 1 saturated carbocycles. The molecule has 1 aliphatic heterocycles. The number of carbonyl (C=O) groups excluding carboxylic acids is 1. The van der Waals surface area contributed by atoms with Crippen LogP contribution in [0.25, 0.3) is 0 Å². The number of carbonyl (C=O) groups is 1. The second-order valence-corrected chi connectivity index (χ2v) is 6.24. The molecular weight excluding hydrogens is 216 g/mol. The highest BCUT2D eigenvalue weighted by Crippen LogP contribution is 2.36. The molecule has 2 fully saturated rings. The fraction of sp³-hybridized carbons (Fsp3) is 0.923. The molecule has 1 amide bonds. The predicted molar refractivity (Wildman–Crippen MR) is 67.0 cm³/mol. The summed E-state index contributed by atoms with van der Waals surface area (Å²) < 4.78 is 5.52. The van der Waals surface area contributed by atoms with Crippen LogP contribution in [0.5, 0.6) is 0 Å². The standard InChI is InChI=1S/C13H24N2O2/c1-12(2,3)17-11(16)15-9-8-14-10-13(15)6-4-5-7-13/h14H,4-10H2,1-3H3. The van der Waals surface area contributed by atoms with Gasteiger partial charge in [0.2, 0.25) is 0 Å². The van der Waals surface area contributed by atoms with Crippen molar-refractivity contribution >= 4 is 6.09 Å². The summed E-state index contributed by atoms with van der Waals surface area (Å²) in [5, 5.41) is 3.42. The minimum Gasteiger partial charge on any atom is -0.444 e. The quantitative estimate of drug-likeness (QED) is 0.705. The van der Waals surface area contributed by atoms with E-state index in [9.17, 15) is 4.79 Å². The lowest BCUT2D eigenvalue weighted by atomic mass is 9.93. The molecule has 0 aromatic carbocycles. The van der Waals surface area contributed by atoms with Gasteiger partial charge in [-0.2, -0.15) is 0 Å². The molecule has 2 rings (SSSR count). The molecule has 0 radical (unpaired) electrons. The minimum absolute atomic E-state index is 0.0284. The Balaban J connectivity index is 2.08. The van der Waals surface area contributed by atoms with Gasteiger partial charge in [0, 0.05) is 19.6 Å². The Morgan fingerprint density at radius 1 is 1.29 bits per heavy atom. The van der Waals surface area contributed by atoms with Crippen molar-refractivity contribution in [3.63, 3.8) is 0 Å². The molecule has 1 aliphatic carbocycles. The van der Waals surface area contributed by atoms with Crippen LogP contribution in [0.15, 0.2) is 0 Å². The summed E-state index contributed by atoms with van der Waals surface area (Å²) in [7, 11) is 0. The van der Waals surface area contributed by atoms with Crippen molar-refractivity contribution in [1.82, 2.24) is 10.2 Å². The van der Waals surface area contributed by atoms with E-state index in [0.29, 0.717) is 0 Å². The molecule has 0 unspecified atom stereocenters. The largest absolute Gasteiger partial charge is 0.444 e. The van der Waals surface area contributed by atoms with E-state index < -0.39 is 5.60 Å². The average molecular weight is 240 g/mol. The zero-order valence-electron chi connectivity index (χ0n) is 11.2. The zero-order valence-corrected chi connectivity index (χ0v) is 11.2. The van der Waals surface area contributed by atoms with Gasteiger partial charge in [-0.15, -0.1) is 0 Å². The summed E-state index contributed by atoms with van der Waals surface area (Å²) in [4.78, 5) is 14.2. The Labute approximate surface area is 104 Å². The van der Waals surface area contributed by atoms with E-state index in [2.05, 4.69) is 5.32 Å². The Morgan fingerprint density at radius 3 is 2.53 bits per heavy atom. The van der Waals surface area contributed by atoms with Crippen LogP contribution in [-0.4, -0.2) is 41.8 Å². The summed E-state index contributed by atoms with van der Waals surface area (Å²) in [5.74, 6) is 0. The van der Waals surface area contributed by atoms with Crippen LogP contribution in [0.4, 0.5) is 4.79 Å². The average Bonchev–Trinajstić information content (AvgIpc) is 2.65. The first kappa shape index (κ1) is 12.7. The van der Waals surface area contributed by atoms with Gasteiger partial charge in [-0.25, -0.2) is 4.79 Å². The lowest BCUT2D eigenvalue weighted by Crippen LogP contribution is -2.62. The van der Waals surface area contributed by atoms with E-state index in [0.717, 1.165) is 32.5 Å². The zero-order chi connectivity index (χ0) is 12.5. The molecule has 1 spiro atoms.